The second-order valence-electron chi connectivity index (χ2n) is 5.24. The highest BCUT2D eigenvalue weighted by Gasteiger charge is 2.11. The Balaban J connectivity index is 2.43. The Morgan fingerprint density at radius 2 is 1.89 bits per heavy atom. The zero-order chi connectivity index (χ0) is 14.1. The van der Waals surface area contributed by atoms with E-state index in [1.54, 1.807) is 0 Å². The van der Waals surface area contributed by atoms with E-state index in [9.17, 15) is 0 Å². The fraction of sp³-hybridized carbons (Fsp3) is 0.625. The number of hydrogen-bond donors (Lipinski definition) is 2. The predicted octanol–water partition coefficient (Wildman–Crippen LogP) is 2.97. The van der Waals surface area contributed by atoms with Gasteiger partial charge < -0.3 is 15.2 Å². The van der Waals surface area contributed by atoms with Crippen molar-refractivity contribution >= 4 is 0 Å². The highest BCUT2D eigenvalue weighted by atomic mass is 16.5. The third-order valence-corrected chi connectivity index (χ3v) is 3.21. The van der Waals surface area contributed by atoms with Gasteiger partial charge in [-0.25, -0.2) is 0 Å². The predicted molar refractivity (Wildman–Crippen MR) is 79.4 cm³/mol. The Morgan fingerprint density at radius 3 is 2.42 bits per heavy atom. The maximum absolute atomic E-state index is 9.05. The van der Waals surface area contributed by atoms with E-state index >= 15 is 0 Å². The summed E-state index contributed by atoms with van der Waals surface area (Å²) in [6.07, 6.45) is 1.83. The Kier molecular flexibility index (Phi) is 7.53. The van der Waals surface area contributed by atoms with Gasteiger partial charge in [0.1, 0.15) is 5.75 Å². The molecule has 0 amide bonds. The molecule has 19 heavy (non-hydrogen) atoms. The summed E-state index contributed by atoms with van der Waals surface area (Å²) < 4.78 is 5.56. The van der Waals surface area contributed by atoms with E-state index in [1.165, 1.54) is 5.56 Å². The first-order chi connectivity index (χ1) is 9.17. The highest BCUT2D eigenvalue weighted by Crippen LogP contribution is 2.13. The summed E-state index contributed by atoms with van der Waals surface area (Å²) in [5, 5.41) is 12.5. The van der Waals surface area contributed by atoms with Crippen molar-refractivity contribution in [3.63, 3.8) is 0 Å². The second kappa shape index (κ2) is 8.94. The average molecular weight is 265 g/mol. The molecule has 1 atom stereocenters. The molecule has 0 aliphatic rings. The van der Waals surface area contributed by atoms with Crippen molar-refractivity contribution in [3.8, 4) is 5.75 Å². The van der Waals surface area contributed by atoms with Gasteiger partial charge in [-0.15, -0.1) is 0 Å². The number of benzene rings is 1. The highest BCUT2D eigenvalue weighted by molar-refractivity contribution is 5.27. The summed E-state index contributed by atoms with van der Waals surface area (Å²) in [7, 11) is 0. The van der Waals surface area contributed by atoms with Crippen LogP contribution in [0.2, 0.25) is 0 Å². The Bertz CT molecular complexity index is 335. The lowest BCUT2D eigenvalue weighted by molar-refractivity contribution is 0.244. The molecule has 0 fully saturated rings. The fourth-order valence-electron chi connectivity index (χ4n) is 1.98. The minimum absolute atomic E-state index is 0.236. The SMILES string of the molecule is CCCOc1ccc(CNC(CCO)C(C)C)cc1. The van der Waals surface area contributed by atoms with E-state index in [2.05, 4.69) is 38.2 Å². The molecule has 1 unspecified atom stereocenters. The number of rotatable bonds is 9. The third-order valence-electron chi connectivity index (χ3n) is 3.21. The Labute approximate surface area is 117 Å². The van der Waals surface area contributed by atoms with Crippen LogP contribution in [-0.4, -0.2) is 24.4 Å². The zero-order valence-corrected chi connectivity index (χ0v) is 12.4. The van der Waals surface area contributed by atoms with Gasteiger partial charge in [-0.3, -0.25) is 0 Å². The van der Waals surface area contributed by atoms with Crippen molar-refractivity contribution < 1.29 is 9.84 Å². The van der Waals surface area contributed by atoms with Crippen LogP contribution >= 0.6 is 0 Å². The Morgan fingerprint density at radius 1 is 1.21 bits per heavy atom. The molecular weight excluding hydrogens is 238 g/mol. The molecule has 0 aliphatic heterocycles. The molecule has 3 heteroatoms. The summed E-state index contributed by atoms with van der Waals surface area (Å²) >= 11 is 0. The molecule has 1 aromatic rings. The summed E-state index contributed by atoms with van der Waals surface area (Å²) in [6, 6.07) is 8.58. The van der Waals surface area contributed by atoms with Crippen LogP contribution in [0.1, 0.15) is 39.2 Å². The van der Waals surface area contributed by atoms with Gasteiger partial charge in [-0.05, 0) is 36.5 Å². The van der Waals surface area contributed by atoms with Crippen molar-refractivity contribution in [2.24, 2.45) is 5.92 Å². The van der Waals surface area contributed by atoms with Crippen LogP contribution in [0, 0.1) is 5.92 Å². The lowest BCUT2D eigenvalue weighted by Crippen LogP contribution is -2.34. The van der Waals surface area contributed by atoms with Crippen molar-refractivity contribution in [2.45, 2.75) is 46.2 Å². The average Bonchev–Trinajstić information content (AvgIpc) is 2.42. The maximum Gasteiger partial charge on any atom is 0.119 e. The number of ether oxygens (including phenoxy) is 1. The monoisotopic (exact) mass is 265 g/mol. The second-order valence-corrected chi connectivity index (χ2v) is 5.24. The fourth-order valence-corrected chi connectivity index (χ4v) is 1.98. The van der Waals surface area contributed by atoms with E-state index < -0.39 is 0 Å². The normalized spacial score (nSPS) is 12.7. The van der Waals surface area contributed by atoms with E-state index in [0.29, 0.717) is 12.0 Å². The molecule has 1 rings (SSSR count). The molecule has 0 aromatic heterocycles. The number of aliphatic hydroxyl groups is 1. The molecule has 0 radical (unpaired) electrons. The number of aliphatic hydroxyl groups excluding tert-OH is 1. The molecule has 0 saturated carbocycles. The first-order valence-corrected chi connectivity index (χ1v) is 7.23. The summed E-state index contributed by atoms with van der Waals surface area (Å²) in [6.45, 7) is 8.29. The Hall–Kier alpha value is -1.06. The van der Waals surface area contributed by atoms with Crippen LogP contribution in [-0.2, 0) is 6.54 Å². The third kappa shape index (κ3) is 6.08. The molecule has 2 N–H and O–H groups in total. The van der Waals surface area contributed by atoms with E-state index in [1.807, 2.05) is 12.1 Å². The van der Waals surface area contributed by atoms with Crippen molar-refractivity contribution in [2.75, 3.05) is 13.2 Å². The van der Waals surface area contributed by atoms with Gasteiger partial charge in [0.05, 0.1) is 6.61 Å². The zero-order valence-electron chi connectivity index (χ0n) is 12.4. The quantitative estimate of drug-likeness (QED) is 0.721. The standard InChI is InChI=1S/C16H27NO2/c1-4-11-19-15-7-5-14(6-8-15)12-17-16(9-10-18)13(2)3/h5-8,13,16-18H,4,9-12H2,1-3H3. The minimum Gasteiger partial charge on any atom is -0.494 e. The first kappa shape index (κ1) is 16.0. The van der Waals surface area contributed by atoms with E-state index in [0.717, 1.165) is 31.7 Å². The van der Waals surface area contributed by atoms with Crippen molar-refractivity contribution in [1.29, 1.82) is 0 Å². The maximum atomic E-state index is 9.05. The molecule has 0 saturated heterocycles. The molecule has 0 spiro atoms. The largest absolute Gasteiger partial charge is 0.494 e. The molecule has 3 nitrogen and oxygen atoms in total. The lowest BCUT2D eigenvalue weighted by Gasteiger charge is -2.21. The number of hydrogen-bond acceptors (Lipinski definition) is 3. The van der Waals surface area contributed by atoms with Gasteiger partial charge in [0, 0.05) is 19.2 Å². The van der Waals surface area contributed by atoms with Gasteiger partial charge in [0.15, 0.2) is 0 Å². The van der Waals surface area contributed by atoms with Gasteiger partial charge in [-0.2, -0.15) is 0 Å². The van der Waals surface area contributed by atoms with Gasteiger partial charge in [-0.1, -0.05) is 32.9 Å². The molecule has 0 bridgehead atoms. The van der Waals surface area contributed by atoms with Crippen LogP contribution < -0.4 is 10.1 Å². The lowest BCUT2D eigenvalue weighted by atomic mass is 10.0. The van der Waals surface area contributed by atoms with Crippen LogP contribution in [0.4, 0.5) is 0 Å². The molecular formula is C16H27NO2. The number of nitrogens with one attached hydrogen (secondary N) is 1. The molecule has 0 heterocycles. The van der Waals surface area contributed by atoms with Crippen LogP contribution in [0.3, 0.4) is 0 Å². The molecule has 1 aromatic carbocycles. The topological polar surface area (TPSA) is 41.5 Å². The summed E-state index contributed by atoms with van der Waals surface area (Å²) in [5.41, 5.74) is 1.24. The molecule has 108 valence electrons. The molecule has 0 aliphatic carbocycles. The van der Waals surface area contributed by atoms with Crippen molar-refractivity contribution in [3.05, 3.63) is 29.8 Å². The minimum atomic E-state index is 0.236. The van der Waals surface area contributed by atoms with Gasteiger partial charge in [0.2, 0.25) is 0 Å². The van der Waals surface area contributed by atoms with Crippen LogP contribution in [0.15, 0.2) is 24.3 Å². The smallest absolute Gasteiger partial charge is 0.119 e. The van der Waals surface area contributed by atoms with Crippen molar-refractivity contribution in [1.82, 2.24) is 5.32 Å². The van der Waals surface area contributed by atoms with Crippen LogP contribution in [0.25, 0.3) is 0 Å². The first-order valence-electron chi connectivity index (χ1n) is 7.23. The van der Waals surface area contributed by atoms with E-state index in [-0.39, 0.29) is 6.61 Å². The van der Waals surface area contributed by atoms with Crippen LogP contribution in [0.5, 0.6) is 5.75 Å². The van der Waals surface area contributed by atoms with Gasteiger partial charge in [0.25, 0.3) is 0 Å². The summed E-state index contributed by atoms with van der Waals surface area (Å²) in [4.78, 5) is 0. The van der Waals surface area contributed by atoms with E-state index in [4.69, 9.17) is 9.84 Å². The summed E-state index contributed by atoms with van der Waals surface area (Å²) in [5.74, 6) is 1.46. The van der Waals surface area contributed by atoms with Gasteiger partial charge >= 0.3 is 0 Å².